The van der Waals surface area contributed by atoms with Gasteiger partial charge >= 0.3 is 0 Å². The van der Waals surface area contributed by atoms with Gasteiger partial charge in [0.25, 0.3) is 5.91 Å². The summed E-state index contributed by atoms with van der Waals surface area (Å²) in [5.41, 5.74) is 2.62. The zero-order valence-electron chi connectivity index (χ0n) is 13.2. The molecule has 0 bridgehead atoms. The smallest absolute Gasteiger partial charge is 0.256 e. The number of aromatic nitrogens is 3. The second-order valence-electron chi connectivity index (χ2n) is 5.92. The van der Waals surface area contributed by atoms with Gasteiger partial charge in [-0.25, -0.2) is 9.67 Å². The van der Waals surface area contributed by atoms with E-state index in [1.165, 1.54) is 11.9 Å². The molecule has 0 spiro atoms. The van der Waals surface area contributed by atoms with Crippen LogP contribution in [0.25, 0.3) is 5.69 Å². The zero-order chi connectivity index (χ0) is 16.4. The predicted octanol–water partition coefficient (Wildman–Crippen LogP) is 3.24. The summed E-state index contributed by atoms with van der Waals surface area (Å²) in [6.45, 7) is 0.782. The highest BCUT2D eigenvalue weighted by molar-refractivity contribution is 5.98. The molecule has 2 aromatic carbocycles. The third-order valence-electron chi connectivity index (χ3n) is 4.50. The van der Waals surface area contributed by atoms with E-state index < -0.39 is 0 Å². The van der Waals surface area contributed by atoms with Crippen LogP contribution in [0.3, 0.4) is 0 Å². The van der Waals surface area contributed by atoms with Gasteiger partial charge in [0.2, 0.25) is 0 Å². The van der Waals surface area contributed by atoms with Crippen LogP contribution in [0.4, 0.5) is 0 Å². The maximum Gasteiger partial charge on any atom is 0.256 e. The molecule has 5 nitrogen and oxygen atoms in total. The number of carbonyl (C=O) groups is 1. The predicted molar refractivity (Wildman–Crippen MR) is 90.8 cm³/mol. The lowest BCUT2D eigenvalue weighted by atomic mass is 10.0. The molecule has 0 saturated carbocycles. The summed E-state index contributed by atoms with van der Waals surface area (Å²) in [5.74, 6) is 0.0486. The van der Waals surface area contributed by atoms with Gasteiger partial charge in [-0.3, -0.25) is 4.79 Å². The van der Waals surface area contributed by atoms with Gasteiger partial charge in [-0.1, -0.05) is 42.5 Å². The molecule has 5 heteroatoms. The molecule has 24 heavy (non-hydrogen) atoms. The van der Waals surface area contributed by atoms with Gasteiger partial charge in [0, 0.05) is 6.54 Å². The van der Waals surface area contributed by atoms with Crippen LogP contribution in [0, 0.1) is 0 Å². The highest BCUT2D eigenvalue weighted by Gasteiger charge is 2.31. The fourth-order valence-electron chi connectivity index (χ4n) is 3.37. The van der Waals surface area contributed by atoms with Crippen molar-refractivity contribution in [2.45, 2.75) is 18.9 Å². The van der Waals surface area contributed by atoms with Crippen LogP contribution in [0.5, 0.6) is 0 Å². The third kappa shape index (κ3) is 2.58. The van der Waals surface area contributed by atoms with Gasteiger partial charge < -0.3 is 4.90 Å². The van der Waals surface area contributed by atoms with Crippen LogP contribution in [-0.4, -0.2) is 32.1 Å². The Labute approximate surface area is 140 Å². The molecule has 1 fully saturated rings. The second kappa shape index (κ2) is 6.28. The molecule has 3 aromatic rings. The van der Waals surface area contributed by atoms with Crippen LogP contribution in [-0.2, 0) is 0 Å². The first kappa shape index (κ1) is 14.6. The zero-order valence-corrected chi connectivity index (χ0v) is 13.2. The van der Waals surface area contributed by atoms with E-state index in [-0.39, 0.29) is 11.9 Å². The number of likely N-dealkylation sites (tertiary alicyclic amines) is 1. The molecular weight excluding hydrogens is 300 g/mol. The largest absolute Gasteiger partial charge is 0.332 e. The quantitative estimate of drug-likeness (QED) is 0.745. The number of rotatable bonds is 3. The van der Waals surface area contributed by atoms with E-state index >= 15 is 0 Å². The Bertz CT molecular complexity index is 830. The van der Waals surface area contributed by atoms with Crippen molar-refractivity contribution in [1.82, 2.24) is 19.7 Å². The van der Waals surface area contributed by atoms with Crippen LogP contribution in [0.15, 0.2) is 67.3 Å². The van der Waals surface area contributed by atoms with Gasteiger partial charge in [0.05, 0.1) is 17.3 Å². The van der Waals surface area contributed by atoms with Crippen molar-refractivity contribution in [2.75, 3.05) is 6.54 Å². The summed E-state index contributed by atoms with van der Waals surface area (Å²) in [5, 5.41) is 4.17. The lowest BCUT2D eigenvalue weighted by molar-refractivity contribution is 0.0735. The van der Waals surface area contributed by atoms with Gasteiger partial charge in [-0.15, -0.1) is 0 Å². The van der Waals surface area contributed by atoms with E-state index in [4.69, 9.17) is 0 Å². The Hall–Kier alpha value is -2.95. The van der Waals surface area contributed by atoms with Gasteiger partial charge in [0.1, 0.15) is 12.7 Å². The molecule has 120 valence electrons. The molecule has 1 saturated heterocycles. The Kier molecular flexibility index (Phi) is 3.83. The van der Waals surface area contributed by atoms with Crippen molar-refractivity contribution in [3.05, 3.63) is 78.4 Å². The van der Waals surface area contributed by atoms with E-state index in [0.717, 1.165) is 25.1 Å². The lowest BCUT2D eigenvalue weighted by Gasteiger charge is -2.26. The maximum atomic E-state index is 13.2. The Morgan fingerprint density at radius 1 is 1.04 bits per heavy atom. The fraction of sp³-hybridized carbons (Fsp3) is 0.211. The van der Waals surface area contributed by atoms with Crippen molar-refractivity contribution in [3.63, 3.8) is 0 Å². The van der Waals surface area contributed by atoms with E-state index in [1.807, 2.05) is 47.4 Å². The molecule has 1 atom stereocenters. The number of nitrogens with zero attached hydrogens (tertiary/aromatic N) is 4. The number of hydrogen-bond donors (Lipinski definition) is 0. The van der Waals surface area contributed by atoms with Crippen LogP contribution < -0.4 is 0 Å². The molecular formula is C19H18N4O. The summed E-state index contributed by atoms with van der Waals surface area (Å²) >= 11 is 0. The first-order valence-electron chi connectivity index (χ1n) is 8.14. The lowest BCUT2D eigenvalue weighted by Crippen LogP contribution is -2.31. The van der Waals surface area contributed by atoms with Crippen LogP contribution in [0.1, 0.15) is 34.8 Å². The minimum atomic E-state index is 0.0486. The molecule has 0 aliphatic carbocycles. The minimum absolute atomic E-state index is 0.0486. The molecule has 4 rings (SSSR count). The van der Waals surface area contributed by atoms with Crippen molar-refractivity contribution < 1.29 is 4.79 Å². The summed E-state index contributed by atoms with van der Waals surface area (Å²) in [6, 6.07) is 18.0. The highest BCUT2D eigenvalue weighted by atomic mass is 16.2. The van der Waals surface area contributed by atoms with Crippen molar-refractivity contribution in [2.24, 2.45) is 0 Å². The van der Waals surface area contributed by atoms with Crippen LogP contribution >= 0.6 is 0 Å². The Balaban J connectivity index is 1.69. The summed E-state index contributed by atoms with van der Waals surface area (Å²) in [4.78, 5) is 19.2. The molecule has 2 heterocycles. The molecule has 1 aliphatic rings. The summed E-state index contributed by atoms with van der Waals surface area (Å²) < 4.78 is 1.64. The van der Waals surface area contributed by atoms with Crippen molar-refractivity contribution in [1.29, 1.82) is 0 Å². The molecule has 1 aliphatic heterocycles. The molecule has 0 N–H and O–H groups in total. The van der Waals surface area contributed by atoms with Gasteiger partial charge in [-0.2, -0.15) is 5.10 Å². The molecule has 0 radical (unpaired) electrons. The van der Waals surface area contributed by atoms with E-state index in [0.29, 0.717) is 5.56 Å². The number of hydrogen-bond acceptors (Lipinski definition) is 3. The monoisotopic (exact) mass is 318 g/mol. The third-order valence-corrected chi connectivity index (χ3v) is 4.50. The number of amides is 1. The second-order valence-corrected chi connectivity index (χ2v) is 5.92. The standard InChI is InChI=1S/C19H18N4O/c24-19(16-9-4-5-10-18(16)23-14-20-13-21-23)22-12-6-11-17(22)15-7-2-1-3-8-15/h1-5,7-10,13-14,17H,6,11-12H2. The normalized spacial score (nSPS) is 17.2. The maximum absolute atomic E-state index is 13.2. The average molecular weight is 318 g/mol. The topological polar surface area (TPSA) is 51.0 Å². The summed E-state index contributed by atoms with van der Waals surface area (Å²) in [7, 11) is 0. The van der Waals surface area contributed by atoms with Crippen molar-refractivity contribution in [3.8, 4) is 5.69 Å². The Morgan fingerprint density at radius 2 is 1.83 bits per heavy atom. The van der Waals surface area contributed by atoms with Crippen molar-refractivity contribution >= 4 is 5.91 Å². The molecule has 1 amide bonds. The SMILES string of the molecule is O=C(c1ccccc1-n1cncn1)N1CCCC1c1ccccc1. The number of benzene rings is 2. The number of para-hydroxylation sites is 1. The Morgan fingerprint density at radius 3 is 2.62 bits per heavy atom. The minimum Gasteiger partial charge on any atom is -0.332 e. The van der Waals surface area contributed by atoms with E-state index in [2.05, 4.69) is 22.2 Å². The summed E-state index contributed by atoms with van der Waals surface area (Å²) in [6.07, 6.45) is 5.12. The first-order chi connectivity index (χ1) is 11.8. The van der Waals surface area contributed by atoms with Gasteiger partial charge in [-0.05, 0) is 30.5 Å². The van der Waals surface area contributed by atoms with E-state index in [1.54, 1.807) is 11.0 Å². The first-order valence-corrected chi connectivity index (χ1v) is 8.14. The van der Waals surface area contributed by atoms with Gasteiger partial charge in [0.15, 0.2) is 0 Å². The number of carbonyl (C=O) groups excluding carboxylic acids is 1. The fourth-order valence-corrected chi connectivity index (χ4v) is 3.37. The highest BCUT2D eigenvalue weighted by Crippen LogP contribution is 2.33. The molecule has 1 unspecified atom stereocenters. The molecule has 1 aromatic heterocycles. The van der Waals surface area contributed by atoms with E-state index in [9.17, 15) is 4.79 Å². The van der Waals surface area contributed by atoms with Crippen LogP contribution in [0.2, 0.25) is 0 Å². The average Bonchev–Trinajstić information content (AvgIpc) is 3.33.